The van der Waals surface area contributed by atoms with Crippen molar-refractivity contribution in [3.05, 3.63) is 48.6 Å². The molecule has 2 rings (SSSR count). The van der Waals surface area contributed by atoms with Crippen LogP contribution >= 0.6 is 0 Å². The quantitative estimate of drug-likeness (QED) is 0.777. The van der Waals surface area contributed by atoms with Crippen LogP contribution in [0.1, 0.15) is 17.9 Å². The zero-order valence-electron chi connectivity index (χ0n) is 11.2. The van der Waals surface area contributed by atoms with Gasteiger partial charge in [0.2, 0.25) is 0 Å². The van der Waals surface area contributed by atoms with Crippen LogP contribution in [0, 0.1) is 0 Å². The minimum Gasteiger partial charge on any atom is -0.480 e. The molecule has 2 atom stereocenters. The number of rotatable bonds is 6. The van der Waals surface area contributed by atoms with E-state index in [2.05, 4.69) is 11.9 Å². The summed E-state index contributed by atoms with van der Waals surface area (Å²) in [5.41, 5.74) is 1.20. The summed E-state index contributed by atoms with van der Waals surface area (Å²) in [6.07, 6.45) is 2.41. The third kappa shape index (κ3) is 3.60. The smallest absolute Gasteiger partial charge is 0.323 e. The van der Waals surface area contributed by atoms with E-state index in [4.69, 9.17) is 5.11 Å². The second kappa shape index (κ2) is 6.23. The topological polar surface area (TPSA) is 69.6 Å². The highest BCUT2D eigenvalue weighted by Crippen LogP contribution is 2.40. The molecule has 0 radical (unpaired) electrons. The Hall–Kier alpha value is -2.30. The first kappa shape index (κ1) is 14.1. The summed E-state index contributed by atoms with van der Waals surface area (Å²) in [5.74, 6) is -0.701. The van der Waals surface area contributed by atoms with Crippen molar-refractivity contribution >= 4 is 12.0 Å². The number of amides is 2. The number of benzene rings is 1. The first-order chi connectivity index (χ1) is 9.61. The van der Waals surface area contributed by atoms with Crippen molar-refractivity contribution < 1.29 is 14.7 Å². The molecule has 106 valence electrons. The number of nitrogens with one attached hydrogen (secondary N) is 1. The maximum absolute atomic E-state index is 12.0. The van der Waals surface area contributed by atoms with Gasteiger partial charge in [0.05, 0.1) is 0 Å². The molecule has 0 bridgehead atoms. The van der Waals surface area contributed by atoms with E-state index in [1.807, 2.05) is 30.3 Å². The Labute approximate surface area is 117 Å². The van der Waals surface area contributed by atoms with Crippen LogP contribution < -0.4 is 5.32 Å². The number of hydrogen-bond donors (Lipinski definition) is 2. The molecule has 20 heavy (non-hydrogen) atoms. The maximum atomic E-state index is 12.0. The molecular formula is C15H18N2O3. The fourth-order valence-corrected chi connectivity index (χ4v) is 2.21. The van der Waals surface area contributed by atoms with E-state index in [9.17, 15) is 9.59 Å². The third-order valence-corrected chi connectivity index (χ3v) is 3.29. The van der Waals surface area contributed by atoms with Gasteiger partial charge in [-0.2, -0.15) is 0 Å². The molecule has 1 aliphatic rings. The van der Waals surface area contributed by atoms with Crippen molar-refractivity contribution in [2.45, 2.75) is 18.4 Å². The average Bonchev–Trinajstić information content (AvgIpc) is 3.18. The van der Waals surface area contributed by atoms with Gasteiger partial charge in [-0.1, -0.05) is 36.4 Å². The monoisotopic (exact) mass is 274 g/mol. The molecule has 1 saturated carbocycles. The average molecular weight is 274 g/mol. The minimum atomic E-state index is -1.03. The van der Waals surface area contributed by atoms with Crippen molar-refractivity contribution in [1.82, 2.24) is 10.2 Å². The number of carbonyl (C=O) groups excluding carboxylic acids is 1. The predicted molar refractivity (Wildman–Crippen MR) is 75.5 cm³/mol. The SMILES string of the molecule is C=CCN(CC(=O)O)C(=O)NC1CC1c1ccccc1. The highest BCUT2D eigenvalue weighted by molar-refractivity contribution is 5.80. The molecule has 0 aromatic heterocycles. The predicted octanol–water partition coefficient (Wildman–Crippen LogP) is 1.82. The van der Waals surface area contributed by atoms with E-state index < -0.39 is 5.97 Å². The van der Waals surface area contributed by atoms with Crippen LogP contribution in [-0.2, 0) is 4.79 Å². The zero-order chi connectivity index (χ0) is 14.5. The number of nitrogens with zero attached hydrogens (tertiary/aromatic N) is 1. The molecule has 2 unspecified atom stereocenters. The molecule has 5 nitrogen and oxygen atoms in total. The Morgan fingerprint density at radius 2 is 2.10 bits per heavy atom. The zero-order valence-corrected chi connectivity index (χ0v) is 11.2. The standard InChI is InChI=1S/C15H18N2O3/c1-2-8-17(10-14(18)19)15(20)16-13-9-12(13)11-6-4-3-5-7-11/h2-7,12-13H,1,8-10H2,(H,16,20)(H,18,19). The summed E-state index contributed by atoms with van der Waals surface area (Å²) in [7, 11) is 0. The van der Waals surface area contributed by atoms with Gasteiger partial charge in [0, 0.05) is 18.5 Å². The Kier molecular flexibility index (Phi) is 4.40. The van der Waals surface area contributed by atoms with Crippen LogP contribution in [-0.4, -0.2) is 41.1 Å². The highest BCUT2D eigenvalue weighted by atomic mass is 16.4. The van der Waals surface area contributed by atoms with Gasteiger partial charge < -0.3 is 15.3 Å². The van der Waals surface area contributed by atoms with E-state index in [0.29, 0.717) is 5.92 Å². The van der Waals surface area contributed by atoms with Crippen molar-refractivity contribution in [2.24, 2.45) is 0 Å². The van der Waals surface area contributed by atoms with Gasteiger partial charge in [-0.15, -0.1) is 6.58 Å². The number of urea groups is 1. The lowest BCUT2D eigenvalue weighted by molar-refractivity contribution is -0.137. The van der Waals surface area contributed by atoms with Gasteiger partial charge in [0.1, 0.15) is 6.54 Å². The van der Waals surface area contributed by atoms with Crippen molar-refractivity contribution in [3.8, 4) is 0 Å². The highest BCUT2D eigenvalue weighted by Gasteiger charge is 2.40. The fourth-order valence-electron chi connectivity index (χ4n) is 2.21. The summed E-state index contributed by atoms with van der Waals surface area (Å²) < 4.78 is 0. The van der Waals surface area contributed by atoms with Crippen LogP contribution in [0.3, 0.4) is 0 Å². The van der Waals surface area contributed by atoms with Gasteiger partial charge >= 0.3 is 12.0 Å². The Bertz CT molecular complexity index is 501. The van der Waals surface area contributed by atoms with Crippen LogP contribution in [0.2, 0.25) is 0 Å². The summed E-state index contributed by atoms with van der Waals surface area (Å²) in [6.45, 7) is 3.44. The minimum absolute atomic E-state index is 0.0889. The number of carbonyl (C=O) groups is 2. The van der Waals surface area contributed by atoms with Crippen molar-refractivity contribution in [3.63, 3.8) is 0 Å². The molecule has 2 amide bonds. The van der Waals surface area contributed by atoms with E-state index in [0.717, 1.165) is 6.42 Å². The molecular weight excluding hydrogens is 256 g/mol. The summed E-state index contributed by atoms with van der Waals surface area (Å²) in [4.78, 5) is 24.0. The van der Waals surface area contributed by atoms with Gasteiger partial charge in [-0.3, -0.25) is 4.79 Å². The number of hydrogen-bond acceptors (Lipinski definition) is 2. The first-order valence-corrected chi connectivity index (χ1v) is 6.55. The lowest BCUT2D eigenvalue weighted by atomic mass is 10.1. The van der Waals surface area contributed by atoms with Crippen LogP contribution in [0.25, 0.3) is 0 Å². The second-order valence-electron chi connectivity index (χ2n) is 4.87. The lowest BCUT2D eigenvalue weighted by Gasteiger charge is -2.19. The number of aliphatic carboxylic acids is 1. The molecule has 1 aromatic rings. The number of carboxylic acid groups (broad SMARTS) is 1. The molecule has 1 aliphatic carbocycles. The molecule has 0 heterocycles. The largest absolute Gasteiger partial charge is 0.480 e. The summed E-state index contributed by atoms with van der Waals surface area (Å²) >= 11 is 0. The molecule has 2 N–H and O–H groups in total. The first-order valence-electron chi connectivity index (χ1n) is 6.55. The number of carboxylic acids is 1. The van der Waals surface area contributed by atoms with Gasteiger partial charge in [-0.05, 0) is 12.0 Å². The van der Waals surface area contributed by atoms with E-state index in [1.165, 1.54) is 16.5 Å². The molecule has 1 aromatic carbocycles. The Balaban J connectivity index is 1.88. The molecule has 0 spiro atoms. The molecule has 5 heteroatoms. The third-order valence-electron chi connectivity index (χ3n) is 3.29. The van der Waals surface area contributed by atoms with Crippen LogP contribution in [0.5, 0.6) is 0 Å². The Morgan fingerprint density at radius 3 is 2.70 bits per heavy atom. The molecule has 1 fully saturated rings. The van der Waals surface area contributed by atoms with Gasteiger partial charge in [-0.25, -0.2) is 4.79 Å². The second-order valence-corrected chi connectivity index (χ2v) is 4.87. The normalized spacial score (nSPS) is 20.0. The van der Waals surface area contributed by atoms with E-state index >= 15 is 0 Å². The maximum Gasteiger partial charge on any atom is 0.323 e. The van der Waals surface area contributed by atoms with Gasteiger partial charge in [0.15, 0.2) is 0 Å². The molecule has 0 aliphatic heterocycles. The fraction of sp³-hybridized carbons (Fsp3) is 0.333. The summed E-state index contributed by atoms with van der Waals surface area (Å²) in [6, 6.07) is 9.72. The molecule has 0 saturated heterocycles. The van der Waals surface area contributed by atoms with E-state index in [-0.39, 0.29) is 25.2 Å². The van der Waals surface area contributed by atoms with Crippen LogP contribution in [0.4, 0.5) is 4.79 Å². The van der Waals surface area contributed by atoms with Gasteiger partial charge in [0.25, 0.3) is 0 Å². The van der Waals surface area contributed by atoms with Crippen LogP contribution in [0.15, 0.2) is 43.0 Å². The van der Waals surface area contributed by atoms with Crippen molar-refractivity contribution in [1.29, 1.82) is 0 Å². The Morgan fingerprint density at radius 1 is 1.40 bits per heavy atom. The lowest BCUT2D eigenvalue weighted by Crippen LogP contribution is -2.43. The summed E-state index contributed by atoms with van der Waals surface area (Å²) in [5, 5.41) is 11.7. The van der Waals surface area contributed by atoms with Crippen molar-refractivity contribution in [2.75, 3.05) is 13.1 Å². The van der Waals surface area contributed by atoms with E-state index in [1.54, 1.807) is 0 Å².